The van der Waals surface area contributed by atoms with Gasteiger partial charge in [-0.05, 0) is 87.0 Å². The van der Waals surface area contributed by atoms with Gasteiger partial charge in [0, 0.05) is 4.47 Å². The zero-order valence-electron chi connectivity index (χ0n) is 20.0. The van der Waals surface area contributed by atoms with Crippen LogP contribution in [0.5, 0.6) is 11.5 Å². The molecule has 4 amide bonds. The molecule has 1 heterocycles. The molecule has 0 saturated carbocycles. The lowest BCUT2D eigenvalue weighted by molar-refractivity contribution is -0.122. The van der Waals surface area contributed by atoms with Gasteiger partial charge in [-0.1, -0.05) is 58.4 Å². The summed E-state index contributed by atoms with van der Waals surface area (Å²) in [6.07, 6.45) is 1.44. The van der Waals surface area contributed by atoms with Crippen LogP contribution in [-0.2, 0) is 16.2 Å². The Morgan fingerprint density at radius 3 is 2.47 bits per heavy atom. The fraction of sp³-hybridized carbons (Fsp3) is 0.0690. The molecule has 0 aliphatic carbocycles. The van der Waals surface area contributed by atoms with Crippen LogP contribution in [0.2, 0.25) is 0 Å². The molecule has 5 rings (SSSR count). The lowest BCUT2D eigenvalue weighted by Crippen LogP contribution is -2.54. The number of halogens is 2. The summed E-state index contributed by atoms with van der Waals surface area (Å²) in [5.41, 5.74) is 1.76. The summed E-state index contributed by atoms with van der Waals surface area (Å²) < 4.78 is 13.3. The number of imide groups is 2. The van der Waals surface area contributed by atoms with Crippen molar-refractivity contribution >= 4 is 78.9 Å². The van der Waals surface area contributed by atoms with Crippen molar-refractivity contribution in [2.45, 2.75) is 6.61 Å². The number of urea groups is 1. The van der Waals surface area contributed by atoms with Gasteiger partial charge in [0.25, 0.3) is 11.8 Å². The maximum absolute atomic E-state index is 13.2. The maximum Gasteiger partial charge on any atom is 0.335 e. The molecule has 0 unspecified atom stereocenters. The molecule has 0 atom stereocenters. The van der Waals surface area contributed by atoms with E-state index in [1.807, 2.05) is 24.3 Å². The van der Waals surface area contributed by atoms with Gasteiger partial charge in [-0.2, -0.15) is 0 Å². The number of nitrogens with zero attached hydrogens (tertiary/aromatic N) is 1. The molecule has 0 radical (unpaired) electrons. The quantitative estimate of drug-likeness (QED) is 0.143. The third-order valence-corrected chi connectivity index (χ3v) is 7.33. The Morgan fingerprint density at radius 1 is 0.974 bits per heavy atom. The number of hydrogen-bond donors (Lipinski definition) is 1. The van der Waals surface area contributed by atoms with Crippen molar-refractivity contribution in [3.05, 3.63) is 104 Å². The lowest BCUT2D eigenvalue weighted by Gasteiger charge is -2.26. The molecule has 1 aliphatic heterocycles. The largest absolute Gasteiger partial charge is 0.493 e. The van der Waals surface area contributed by atoms with Crippen LogP contribution in [0.4, 0.5) is 10.5 Å². The van der Waals surface area contributed by atoms with E-state index in [1.54, 1.807) is 36.4 Å². The Bertz CT molecular complexity index is 1610. The molecule has 1 saturated heterocycles. The molecule has 1 aliphatic rings. The summed E-state index contributed by atoms with van der Waals surface area (Å²) in [7, 11) is 1.53. The van der Waals surface area contributed by atoms with Gasteiger partial charge in [-0.15, -0.1) is 0 Å². The average molecular weight is 683 g/mol. The van der Waals surface area contributed by atoms with Gasteiger partial charge < -0.3 is 9.47 Å². The molecule has 0 bridgehead atoms. The summed E-state index contributed by atoms with van der Waals surface area (Å²) in [6.45, 7) is 0.333. The van der Waals surface area contributed by atoms with E-state index in [1.165, 1.54) is 13.2 Å². The van der Waals surface area contributed by atoms with E-state index >= 15 is 0 Å². The van der Waals surface area contributed by atoms with E-state index in [9.17, 15) is 14.4 Å². The van der Waals surface area contributed by atoms with Gasteiger partial charge in [0.05, 0.1) is 16.4 Å². The molecule has 4 aromatic rings. The highest BCUT2D eigenvalue weighted by molar-refractivity contribution is 14.1. The molecule has 7 nitrogen and oxygen atoms in total. The third kappa shape index (κ3) is 5.16. The summed E-state index contributed by atoms with van der Waals surface area (Å²) in [6, 6.07) is 23.5. The monoisotopic (exact) mass is 682 g/mol. The second-order valence-corrected chi connectivity index (χ2v) is 10.5. The topological polar surface area (TPSA) is 84.9 Å². The van der Waals surface area contributed by atoms with Gasteiger partial charge in [0.2, 0.25) is 0 Å². The number of amides is 4. The van der Waals surface area contributed by atoms with Gasteiger partial charge >= 0.3 is 6.03 Å². The normalized spacial score (nSPS) is 14.7. The van der Waals surface area contributed by atoms with E-state index in [4.69, 9.17) is 9.47 Å². The number of methoxy groups -OCH3 is 1. The number of carbonyl (C=O) groups excluding carboxylic acids is 3. The zero-order chi connectivity index (χ0) is 26.8. The van der Waals surface area contributed by atoms with Crippen molar-refractivity contribution in [3.8, 4) is 11.5 Å². The third-order valence-electron chi connectivity index (χ3n) is 6.00. The molecule has 4 aromatic carbocycles. The number of rotatable bonds is 6. The van der Waals surface area contributed by atoms with Gasteiger partial charge in [0.15, 0.2) is 11.5 Å². The van der Waals surface area contributed by atoms with Gasteiger partial charge in [0.1, 0.15) is 12.2 Å². The second-order valence-electron chi connectivity index (χ2n) is 8.40. The van der Waals surface area contributed by atoms with E-state index in [0.29, 0.717) is 29.4 Å². The number of hydrogen-bond acceptors (Lipinski definition) is 5. The Hall–Kier alpha value is -3.70. The minimum absolute atomic E-state index is 0.171. The first-order valence-corrected chi connectivity index (χ1v) is 13.4. The number of ether oxygens (including phenoxy) is 2. The lowest BCUT2D eigenvalue weighted by atomic mass is 10.1. The highest BCUT2D eigenvalue weighted by atomic mass is 127. The van der Waals surface area contributed by atoms with E-state index in [0.717, 1.165) is 29.3 Å². The van der Waals surface area contributed by atoms with Crippen LogP contribution in [0.15, 0.2) is 88.9 Å². The number of carbonyl (C=O) groups is 3. The first-order chi connectivity index (χ1) is 18.4. The number of benzene rings is 4. The molecule has 9 heteroatoms. The van der Waals surface area contributed by atoms with Crippen molar-refractivity contribution in [2.24, 2.45) is 0 Å². The Labute approximate surface area is 240 Å². The van der Waals surface area contributed by atoms with Crippen LogP contribution in [0, 0.1) is 3.57 Å². The van der Waals surface area contributed by atoms with E-state index in [2.05, 4.69) is 62.0 Å². The summed E-state index contributed by atoms with van der Waals surface area (Å²) in [4.78, 5) is 39.2. The first kappa shape index (κ1) is 25.9. The number of barbiturate groups is 1. The van der Waals surface area contributed by atoms with Crippen LogP contribution in [0.1, 0.15) is 11.1 Å². The smallest absolute Gasteiger partial charge is 0.335 e. The predicted octanol–water partition coefficient (Wildman–Crippen LogP) is 6.46. The fourth-order valence-electron chi connectivity index (χ4n) is 4.18. The number of anilines is 1. The molecule has 0 aromatic heterocycles. The van der Waals surface area contributed by atoms with Crippen LogP contribution < -0.4 is 19.7 Å². The maximum atomic E-state index is 13.2. The molecule has 1 N–H and O–H groups in total. The minimum atomic E-state index is -0.802. The van der Waals surface area contributed by atoms with Crippen LogP contribution in [0.3, 0.4) is 0 Å². The summed E-state index contributed by atoms with van der Waals surface area (Å²) >= 11 is 5.47. The van der Waals surface area contributed by atoms with E-state index in [-0.39, 0.29) is 5.57 Å². The number of fused-ring (bicyclic) bond motifs is 1. The summed E-state index contributed by atoms with van der Waals surface area (Å²) in [5.74, 6) is -0.479. The van der Waals surface area contributed by atoms with Crippen LogP contribution >= 0.6 is 38.5 Å². The summed E-state index contributed by atoms with van der Waals surface area (Å²) in [5, 5.41) is 4.48. The predicted molar refractivity (Wildman–Crippen MR) is 157 cm³/mol. The molecule has 1 fully saturated rings. The Morgan fingerprint density at radius 2 is 1.71 bits per heavy atom. The van der Waals surface area contributed by atoms with Crippen LogP contribution in [0.25, 0.3) is 16.8 Å². The molecule has 190 valence electrons. The molecule has 38 heavy (non-hydrogen) atoms. The van der Waals surface area contributed by atoms with Crippen molar-refractivity contribution in [1.82, 2.24) is 5.32 Å². The molecular formula is C29H20BrIN2O5. The SMILES string of the molecule is COc1cc(/C=C2/C(=O)NC(=O)N(c3ccc(Br)cc3)C2=O)cc(I)c1OCc1cccc2ccccc12. The minimum Gasteiger partial charge on any atom is -0.493 e. The van der Waals surface area contributed by atoms with Crippen molar-refractivity contribution in [3.63, 3.8) is 0 Å². The molecular weight excluding hydrogens is 663 g/mol. The highest BCUT2D eigenvalue weighted by Gasteiger charge is 2.36. The highest BCUT2D eigenvalue weighted by Crippen LogP contribution is 2.36. The Balaban J connectivity index is 1.44. The fourth-order valence-corrected chi connectivity index (χ4v) is 5.23. The van der Waals surface area contributed by atoms with Crippen molar-refractivity contribution in [2.75, 3.05) is 12.0 Å². The number of nitrogens with one attached hydrogen (secondary N) is 1. The van der Waals surface area contributed by atoms with Gasteiger partial charge in [-0.3, -0.25) is 14.9 Å². The first-order valence-electron chi connectivity index (χ1n) is 11.5. The van der Waals surface area contributed by atoms with Gasteiger partial charge in [-0.25, -0.2) is 9.69 Å². The van der Waals surface area contributed by atoms with Crippen LogP contribution in [-0.4, -0.2) is 25.0 Å². The van der Waals surface area contributed by atoms with E-state index < -0.39 is 17.8 Å². The van der Waals surface area contributed by atoms with Crippen molar-refractivity contribution < 1.29 is 23.9 Å². The second kappa shape index (κ2) is 11.0. The molecule has 0 spiro atoms. The standard InChI is InChI=1S/C29H20BrIN2O5/c1-37-25-15-17(13-23-27(34)32-29(36)33(28(23)35)21-11-9-20(30)10-12-21)14-24(31)26(25)38-16-19-7-4-6-18-5-2-3-8-22(18)19/h2-15H,16H2,1H3,(H,32,34,36)/b23-13-. The Kier molecular flexibility index (Phi) is 7.48. The van der Waals surface area contributed by atoms with Crippen molar-refractivity contribution in [1.29, 1.82) is 0 Å². The zero-order valence-corrected chi connectivity index (χ0v) is 23.8. The average Bonchev–Trinajstić information content (AvgIpc) is 2.91.